The summed E-state index contributed by atoms with van der Waals surface area (Å²) >= 11 is 0. The number of aryl methyl sites for hydroxylation is 4. The number of hydrogen-bond acceptors (Lipinski definition) is 3. The minimum absolute atomic E-state index is 0.165. The lowest BCUT2D eigenvalue weighted by Crippen LogP contribution is -2.19. The van der Waals surface area contributed by atoms with Crippen molar-refractivity contribution in [2.75, 3.05) is 0 Å². The molecule has 0 fully saturated rings. The fourth-order valence-corrected chi connectivity index (χ4v) is 7.23. The Morgan fingerprint density at radius 2 is 1.47 bits per heavy atom. The van der Waals surface area contributed by atoms with Crippen molar-refractivity contribution in [1.82, 2.24) is 19.3 Å². The third kappa shape index (κ3) is 5.82. The summed E-state index contributed by atoms with van der Waals surface area (Å²) in [6, 6.07) is 32.3. The van der Waals surface area contributed by atoms with Gasteiger partial charge in [-0.05, 0) is 103 Å². The lowest BCUT2D eigenvalue weighted by atomic mass is 9.83. The van der Waals surface area contributed by atoms with Crippen molar-refractivity contribution >= 4 is 21.8 Å². The summed E-state index contributed by atoms with van der Waals surface area (Å²) in [6.07, 6.45) is 2.86. The largest absolute Gasteiger partial charge is 0.457 e. The fourth-order valence-electron chi connectivity index (χ4n) is 7.23. The van der Waals surface area contributed by atoms with E-state index >= 15 is 0 Å². The molecular formula is C44H46N4O. The number of fused-ring (bicyclic) bond motifs is 3. The fraction of sp³-hybridized carbons (Fsp3) is 0.273. The SMILES string of the molecule is CCc1ccnc(-n2c3ccccc3c3ccc(Oc4cc(C(C)C)cc(-n5nc(C)c(-c6c(C)cccc6C)c5C(C)(C)C)c4)cc32)c1. The highest BCUT2D eigenvalue weighted by molar-refractivity contribution is 6.09. The molecule has 5 nitrogen and oxygen atoms in total. The van der Waals surface area contributed by atoms with Crippen LogP contribution in [-0.2, 0) is 11.8 Å². The third-order valence-electron chi connectivity index (χ3n) is 9.65. The molecule has 0 saturated carbocycles. The predicted octanol–water partition coefficient (Wildman–Crippen LogP) is 11.7. The quantitative estimate of drug-likeness (QED) is 0.173. The van der Waals surface area contributed by atoms with E-state index in [-0.39, 0.29) is 5.41 Å². The Morgan fingerprint density at radius 3 is 2.18 bits per heavy atom. The Balaban J connectivity index is 1.38. The number of pyridine rings is 1. The highest BCUT2D eigenvalue weighted by Gasteiger charge is 2.29. The third-order valence-corrected chi connectivity index (χ3v) is 9.65. The maximum Gasteiger partial charge on any atom is 0.137 e. The molecule has 0 aliphatic carbocycles. The molecule has 0 aliphatic heterocycles. The molecule has 49 heavy (non-hydrogen) atoms. The zero-order valence-corrected chi connectivity index (χ0v) is 30.2. The van der Waals surface area contributed by atoms with Gasteiger partial charge in [-0.1, -0.05) is 77.9 Å². The van der Waals surface area contributed by atoms with Crippen LogP contribution >= 0.6 is 0 Å². The summed E-state index contributed by atoms with van der Waals surface area (Å²) in [4.78, 5) is 4.80. The average Bonchev–Trinajstić information content (AvgIpc) is 3.59. The van der Waals surface area contributed by atoms with Crippen molar-refractivity contribution in [2.24, 2.45) is 0 Å². The van der Waals surface area contributed by atoms with E-state index in [9.17, 15) is 0 Å². The Hall–Kier alpha value is -5.16. The number of nitrogens with zero attached hydrogens (tertiary/aromatic N) is 4. The van der Waals surface area contributed by atoms with Gasteiger partial charge in [-0.25, -0.2) is 9.67 Å². The molecule has 3 aromatic heterocycles. The zero-order valence-electron chi connectivity index (χ0n) is 30.2. The number of ether oxygens (including phenoxy) is 1. The van der Waals surface area contributed by atoms with E-state index in [1.54, 1.807) is 0 Å². The molecular weight excluding hydrogens is 601 g/mol. The van der Waals surface area contributed by atoms with E-state index in [4.69, 9.17) is 14.8 Å². The number of benzene rings is 4. The van der Waals surface area contributed by atoms with Crippen LogP contribution in [-0.4, -0.2) is 19.3 Å². The maximum absolute atomic E-state index is 6.78. The smallest absolute Gasteiger partial charge is 0.137 e. The van der Waals surface area contributed by atoms with Crippen LogP contribution in [0.25, 0.3) is 44.4 Å². The Kier molecular flexibility index (Phi) is 8.18. The summed E-state index contributed by atoms with van der Waals surface area (Å²) in [5.74, 6) is 2.78. The van der Waals surface area contributed by atoms with Gasteiger partial charge in [0.05, 0.1) is 28.1 Å². The minimum Gasteiger partial charge on any atom is -0.457 e. The Labute approximate surface area is 290 Å². The van der Waals surface area contributed by atoms with E-state index in [2.05, 4.69) is 163 Å². The van der Waals surface area contributed by atoms with Crippen LogP contribution in [0.5, 0.6) is 11.5 Å². The first kappa shape index (κ1) is 32.4. The van der Waals surface area contributed by atoms with Gasteiger partial charge in [0, 0.05) is 40.1 Å². The average molecular weight is 647 g/mol. The van der Waals surface area contributed by atoms with Gasteiger partial charge in [-0.2, -0.15) is 5.10 Å². The van der Waals surface area contributed by atoms with Gasteiger partial charge < -0.3 is 4.74 Å². The second kappa shape index (κ2) is 12.4. The molecule has 4 aromatic carbocycles. The first-order valence-electron chi connectivity index (χ1n) is 17.4. The molecule has 5 heteroatoms. The van der Waals surface area contributed by atoms with Crippen LogP contribution in [0.2, 0.25) is 0 Å². The van der Waals surface area contributed by atoms with Crippen molar-refractivity contribution in [3.8, 4) is 34.1 Å². The van der Waals surface area contributed by atoms with Crippen molar-refractivity contribution in [2.45, 2.75) is 80.1 Å². The molecule has 0 unspecified atom stereocenters. The van der Waals surface area contributed by atoms with Gasteiger partial charge in [-0.3, -0.25) is 4.57 Å². The number of para-hydroxylation sites is 1. The molecule has 0 bridgehead atoms. The van der Waals surface area contributed by atoms with Crippen LogP contribution in [0, 0.1) is 20.8 Å². The van der Waals surface area contributed by atoms with E-state index in [1.165, 1.54) is 49.8 Å². The summed E-state index contributed by atoms with van der Waals surface area (Å²) in [5.41, 5.74) is 12.7. The van der Waals surface area contributed by atoms with Gasteiger partial charge in [0.1, 0.15) is 17.3 Å². The normalized spacial score (nSPS) is 12.0. The van der Waals surface area contributed by atoms with Gasteiger partial charge in [0.2, 0.25) is 0 Å². The first-order valence-corrected chi connectivity index (χ1v) is 17.4. The van der Waals surface area contributed by atoms with E-state index in [1.807, 2.05) is 6.20 Å². The lowest BCUT2D eigenvalue weighted by Gasteiger charge is -2.24. The molecule has 0 amide bonds. The number of hydrogen-bond donors (Lipinski definition) is 0. The van der Waals surface area contributed by atoms with Crippen molar-refractivity contribution in [1.29, 1.82) is 0 Å². The standard InChI is InChI=1S/C44H46N4O/c1-10-31-20-21-45-40(22-31)47-38-17-12-11-16-36(38)37-19-18-34(26-39(37)47)49-35-24-32(27(2)3)23-33(25-35)48-43(44(7,8)9)42(30(6)46-48)41-28(4)14-13-15-29(41)5/h11-27H,10H2,1-9H3. The van der Waals surface area contributed by atoms with Gasteiger partial charge >= 0.3 is 0 Å². The van der Waals surface area contributed by atoms with E-state index in [0.717, 1.165) is 46.2 Å². The zero-order chi connectivity index (χ0) is 34.6. The topological polar surface area (TPSA) is 44.9 Å². The minimum atomic E-state index is -0.165. The Bertz CT molecular complexity index is 2330. The van der Waals surface area contributed by atoms with Crippen LogP contribution in [0.3, 0.4) is 0 Å². The molecule has 248 valence electrons. The molecule has 3 heterocycles. The molecule has 0 aliphatic rings. The maximum atomic E-state index is 6.78. The van der Waals surface area contributed by atoms with E-state index in [0.29, 0.717) is 5.92 Å². The predicted molar refractivity (Wildman–Crippen MR) is 204 cm³/mol. The summed E-state index contributed by atoms with van der Waals surface area (Å²) in [6.45, 7) is 20.0. The summed E-state index contributed by atoms with van der Waals surface area (Å²) in [5, 5.41) is 7.60. The summed E-state index contributed by atoms with van der Waals surface area (Å²) < 4.78 is 11.2. The molecule has 7 rings (SSSR count). The summed E-state index contributed by atoms with van der Waals surface area (Å²) in [7, 11) is 0. The molecule has 0 saturated heterocycles. The van der Waals surface area contributed by atoms with Crippen LogP contribution in [0.1, 0.15) is 81.1 Å². The first-order chi connectivity index (χ1) is 23.4. The second-order valence-electron chi connectivity index (χ2n) is 14.7. The van der Waals surface area contributed by atoms with Crippen molar-refractivity contribution in [3.05, 3.63) is 131 Å². The van der Waals surface area contributed by atoms with Gasteiger partial charge in [-0.15, -0.1) is 0 Å². The highest BCUT2D eigenvalue weighted by atomic mass is 16.5. The molecule has 0 spiro atoms. The van der Waals surface area contributed by atoms with Crippen LogP contribution in [0.4, 0.5) is 0 Å². The second-order valence-corrected chi connectivity index (χ2v) is 14.7. The Morgan fingerprint density at radius 1 is 0.735 bits per heavy atom. The lowest BCUT2D eigenvalue weighted by molar-refractivity contribution is 0.480. The molecule has 7 aromatic rings. The molecule has 0 N–H and O–H groups in total. The monoisotopic (exact) mass is 646 g/mol. The van der Waals surface area contributed by atoms with Gasteiger partial charge in [0.25, 0.3) is 0 Å². The molecule has 0 atom stereocenters. The van der Waals surface area contributed by atoms with Crippen molar-refractivity contribution in [3.63, 3.8) is 0 Å². The van der Waals surface area contributed by atoms with Gasteiger partial charge in [0.15, 0.2) is 0 Å². The number of rotatable bonds is 7. The van der Waals surface area contributed by atoms with Crippen LogP contribution in [0.15, 0.2) is 97.2 Å². The highest BCUT2D eigenvalue weighted by Crippen LogP contribution is 2.41. The van der Waals surface area contributed by atoms with Crippen molar-refractivity contribution < 1.29 is 4.74 Å². The number of aromatic nitrogens is 4. The van der Waals surface area contributed by atoms with E-state index < -0.39 is 0 Å². The van der Waals surface area contributed by atoms with Crippen LogP contribution < -0.4 is 4.74 Å². The molecule has 0 radical (unpaired) electrons.